The quantitative estimate of drug-likeness (QED) is 0.895. The first-order valence-corrected chi connectivity index (χ1v) is 7.84. The Bertz CT molecular complexity index is 460. The van der Waals surface area contributed by atoms with Crippen LogP contribution in [0.1, 0.15) is 49.4 Å². The topological polar surface area (TPSA) is 30.5 Å². The lowest BCUT2D eigenvalue weighted by atomic mass is 9.91. The van der Waals surface area contributed by atoms with Gasteiger partial charge < -0.3 is 14.8 Å². The highest BCUT2D eigenvalue weighted by molar-refractivity contribution is 5.35. The molecule has 0 saturated carbocycles. The Morgan fingerprint density at radius 3 is 2.90 bits per heavy atom. The van der Waals surface area contributed by atoms with Crippen molar-refractivity contribution in [1.82, 2.24) is 5.32 Å². The third-order valence-electron chi connectivity index (χ3n) is 4.49. The molecular formula is C17H25NO2. The standard InChI is InChI=1S/C17H25NO2/c1-3-7-18-16(17-12(2)6-8-20-17)13-4-5-14-10-19-11-15(14)9-13/h4-5,9,12,16-18H,3,6-8,10-11H2,1-2H3. The second-order valence-electron chi connectivity index (χ2n) is 6.05. The summed E-state index contributed by atoms with van der Waals surface area (Å²) in [5.74, 6) is 0.619. The van der Waals surface area contributed by atoms with Gasteiger partial charge in [0.1, 0.15) is 0 Å². The highest BCUT2D eigenvalue weighted by Gasteiger charge is 2.33. The molecule has 0 bridgehead atoms. The first-order chi connectivity index (χ1) is 9.79. The van der Waals surface area contributed by atoms with Crippen LogP contribution in [0.3, 0.4) is 0 Å². The molecule has 3 heteroatoms. The highest BCUT2D eigenvalue weighted by atomic mass is 16.5. The summed E-state index contributed by atoms with van der Waals surface area (Å²) in [4.78, 5) is 0. The van der Waals surface area contributed by atoms with Crippen LogP contribution >= 0.6 is 0 Å². The van der Waals surface area contributed by atoms with E-state index < -0.39 is 0 Å². The smallest absolute Gasteiger partial charge is 0.0795 e. The van der Waals surface area contributed by atoms with E-state index in [0.717, 1.165) is 32.8 Å². The molecule has 1 saturated heterocycles. The lowest BCUT2D eigenvalue weighted by molar-refractivity contribution is 0.0607. The van der Waals surface area contributed by atoms with Gasteiger partial charge in [-0.25, -0.2) is 0 Å². The molecule has 3 rings (SSSR count). The molecule has 20 heavy (non-hydrogen) atoms. The van der Waals surface area contributed by atoms with E-state index in [9.17, 15) is 0 Å². The van der Waals surface area contributed by atoms with Crippen LogP contribution in [-0.4, -0.2) is 19.3 Å². The molecule has 3 atom stereocenters. The van der Waals surface area contributed by atoms with Crippen molar-refractivity contribution < 1.29 is 9.47 Å². The fourth-order valence-corrected chi connectivity index (χ4v) is 3.25. The van der Waals surface area contributed by atoms with Gasteiger partial charge in [0.05, 0.1) is 25.4 Å². The molecule has 0 aliphatic carbocycles. The average Bonchev–Trinajstić information content (AvgIpc) is 3.08. The van der Waals surface area contributed by atoms with Crippen molar-refractivity contribution in [2.75, 3.05) is 13.2 Å². The zero-order valence-corrected chi connectivity index (χ0v) is 12.5. The number of benzene rings is 1. The minimum atomic E-state index is 0.293. The molecule has 3 nitrogen and oxygen atoms in total. The number of fused-ring (bicyclic) bond motifs is 1. The Morgan fingerprint density at radius 2 is 2.15 bits per heavy atom. The van der Waals surface area contributed by atoms with Gasteiger partial charge in [-0.15, -0.1) is 0 Å². The fourth-order valence-electron chi connectivity index (χ4n) is 3.25. The van der Waals surface area contributed by atoms with E-state index in [-0.39, 0.29) is 0 Å². The van der Waals surface area contributed by atoms with Crippen LogP contribution in [0.4, 0.5) is 0 Å². The summed E-state index contributed by atoms with van der Waals surface area (Å²) in [6.45, 7) is 7.95. The van der Waals surface area contributed by atoms with E-state index in [4.69, 9.17) is 9.47 Å². The molecule has 0 spiro atoms. The molecule has 2 heterocycles. The van der Waals surface area contributed by atoms with Crippen LogP contribution in [-0.2, 0) is 22.7 Å². The molecule has 0 aromatic heterocycles. The third kappa shape index (κ3) is 2.76. The van der Waals surface area contributed by atoms with Crippen molar-refractivity contribution in [3.05, 3.63) is 34.9 Å². The predicted molar refractivity (Wildman–Crippen MR) is 79.5 cm³/mol. The molecule has 3 unspecified atom stereocenters. The van der Waals surface area contributed by atoms with E-state index in [2.05, 4.69) is 37.4 Å². The average molecular weight is 275 g/mol. The Hall–Kier alpha value is -0.900. The Morgan fingerprint density at radius 1 is 1.30 bits per heavy atom. The normalized spacial score (nSPS) is 26.7. The molecule has 1 aromatic rings. The maximum Gasteiger partial charge on any atom is 0.0795 e. The van der Waals surface area contributed by atoms with Gasteiger partial charge in [0, 0.05) is 6.61 Å². The SMILES string of the molecule is CCCNC(c1ccc2c(c1)COC2)C1OCCC1C. The molecule has 1 aromatic carbocycles. The predicted octanol–water partition coefficient (Wildman–Crippen LogP) is 3.18. The summed E-state index contributed by atoms with van der Waals surface area (Å²) in [6.07, 6.45) is 2.61. The van der Waals surface area contributed by atoms with Crippen molar-refractivity contribution in [3.8, 4) is 0 Å². The van der Waals surface area contributed by atoms with E-state index >= 15 is 0 Å². The molecule has 1 fully saturated rings. The van der Waals surface area contributed by atoms with Gasteiger partial charge in [-0.05, 0) is 42.0 Å². The van der Waals surface area contributed by atoms with Crippen LogP contribution in [0.5, 0.6) is 0 Å². The highest BCUT2D eigenvalue weighted by Crippen LogP contribution is 2.33. The van der Waals surface area contributed by atoms with Crippen LogP contribution in [0.25, 0.3) is 0 Å². The number of nitrogens with one attached hydrogen (secondary N) is 1. The molecule has 2 aliphatic rings. The summed E-state index contributed by atoms with van der Waals surface area (Å²) in [5.41, 5.74) is 4.03. The second-order valence-corrected chi connectivity index (χ2v) is 6.05. The second kappa shape index (κ2) is 6.25. The Labute approximate surface area is 121 Å². The van der Waals surface area contributed by atoms with Crippen molar-refractivity contribution in [1.29, 1.82) is 0 Å². The minimum Gasteiger partial charge on any atom is -0.376 e. The number of ether oxygens (including phenoxy) is 2. The van der Waals surface area contributed by atoms with E-state index in [0.29, 0.717) is 18.1 Å². The van der Waals surface area contributed by atoms with E-state index in [1.54, 1.807) is 0 Å². The van der Waals surface area contributed by atoms with Gasteiger partial charge >= 0.3 is 0 Å². The fraction of sp³-hybridized carbons (Fsp3) is 0.647. The van der Waals surface area contributed by atoms with Crippen molar-refractivity contribution >= 4 is 0 Å². The zero-order valence-electron chi connectivity index (χ0n) is 12.5. The minimum absolute atomic E-state index is 0.293. The maximum atomic E-state index is 6.00. The van der Waals surface area contributed by atoms with Crippen molar-refractivity contribution in [3.63, 3.8) is 0 Å². The van der Waals surface area contributed by atoms with E-state index in [1.807, 2.05) is 0 Å². The van der Waals surface area contributed by atoms with Crippen LogP contribution in [0, 0.1) is 5.92 Å². The van der Waals surface area contributed by atoms with Gasteiger partial charge in [-0.2, -0.15) is 0 Å². The molecule has 2 aliphatic heterocycles. The van der Waals surface area contributed by atoms with Gasteiger partial charge in [-0.1, -0.05) is 32.0 Å². The largest absolute Gasteiger partial charge is 0.376 e. The van der Waals surface area contributed by atoms with Gasteiger partial charge in [0.25, 0.3) is 0 Å². The van der Waals surface area contributed by atoms with Gasteiger partial charge in [-0.3, -0.25) is 0 Å². The zero-order chi connectivity index (χ0) is 13.9. The van der Waals surface area contributed by atoms with Gasteiger partial charge in [0.15, 0.2) is 0 Å². The van der Waals surface area contributed by atoms with Gasteiger partial charge in [0.2, 0.25) is 0 Å². The molecule has 1 N–H and O–H groups in total. The summed E-state index contributed by atoms with van der Waals surface area (Å²) in [6, 6.07) is 7.08. The molecule has 0 amide bonds. The van der Waals surface area contributed by atoms with Crippen LogP contribution in [0.15, 0.2) is 18.2 Å². The number of hydrogen-bond donors (Lipinski definition) is 1. The molecular weight excluding hydrogens is 250 g/mol. The Balaban J connectivity index is 1.84. The van der Waals surface area contributed by atoms with Crippen molar-refractivity contribution in [2.45, 2.75) is 52.0 Å². The Kier molecular flexibility index (Phi) is 4.39. The van der Waals surface area contributed by atoms with Crippen LogP contribution < -0.4 is 5.32 Å². The lowest BCUT2D eigenvalue weighted by Gasteiger charge is -2.28. The summed E-state index contributed by atoms with van der Waals surface area (Å²) in [5, 5.41) is 3.68. The lowest BCUT2D eigenvalue weighted by Crippen LogP contribution is -2.35. The summed E-state index contributed by atoms with van der Waals surface area (Å²) >= 11 is 0. The first kappa shape index (κ1) is 14.1. The monoisotopic (exact) mass is 275 g/mol. The number of rotatable bonds is 5. The number of hydrogen-bond acceptors (Lipinski definition) is 3. The first-order valence-electron chi connectivity index (χ1n) is 7.84. The van der Waals surface area contributed by atoms with Crippen molar-refractivity contribution in [2.24, 2.45) is 5.92 Å². The molecule has 110 valence electrons. The molecule has 0 radical (unpaired) electrons. The summed E-state index contributed by atoms with van der Waals surface area (Å²) in [7, 11) is 0. The van der Waals surface area contributed by atoms with E-state index in [1.165, 1.54) is 23.1 Å². The third-order valence-corrected chi connectivity index (χ3v) is 4.49. The summed E-state index contributed by atoms with van der Waals surface area (Å²) < 4.78 is 11.5. The van der Waals surface area contributed by atoms with Crippen LogP contribution in [0.2, 0.25) is 0 Å². The maximum absolute atomic E-state index is 6.00.